The normalized spacial score (nSPS) is 45.5. The molecule has 0 aromatic heterocycles. The van der Waals surface area contributed by atoms with Crippen LogP contribution in [0.15, 0.2) is 0 Å². The van der Waals surface area contributed by atoms with E-state index in [-0.39, 0.29) is 0 Å². The molecule has 0 spiro atoms. The second-order valence-electron chi connectivity index (χ2n) is 4.89. The standard InChI is InChI=1S/C12H24S/c1-5-7-11-10(4)9(3)8-12(11,13)6-2/h9-11,13H,5-8H2,1-4H3. The second kappa shape index (κ2) is 4.25. The van der Waals surface area contributed by atoms with Crippen molar-refractivity contribution < 1.29 is 0 Å². The van der Waals surface area contributed by atoms with Crippen molar-refractivity contribution in [1.29, 1.82) is 0 Å². The van der Waals surface area contributed by atoms with Crippen molar-refractivity contribution in [3.05, 3.63) is 0 Å². The Morgan fingerprint density at radius 2 is 1.92 bits per heavy atom. The molecule has 1 saturated carbocycles. The van der Waals surface area contributed by atoms with E-state index in [0.717, 1.165) is 17.8 Å². The molecule has 0 nitrogen and oxygen atoms in total. The second-order valence-corrected chi connectivity index (χ2v) is 5.78. The van der Waals surface area contributed by atoms with Crippen LogP contribution in [0.25, 0.3) is 0 Å². The Bertz CT molecular complexity index is 167. The highest BCUT2D eigenvalue weighted by Gasteiger charge is 2.45. The summed E-state index contributed by atoms with van der Waals surface area (Å²) < 4.78 is 0.342. The Morgan fingerprint density at radius 3 is 2.38 bits per heavy atom. The molecular formula is C12H24S. The Kier molecular flexibility index (Phi) is 3.73. The van der Waals surface area contributed by atoms with Crippen LogP contribution in [0, 0.1) is 17.8 Å². The Morgan fingerprint density at radius 1 is 1.31 bits per heavy atom. The van der Waals surface area contributed by atoms with Crippen molar-refractivity contribution in [2.75, 3.05) is 0 Å². The Hall–Kier alpha value is 0.350. The fourth-order valence-electron chi connectivity index (χ4n) is 3.03. The van der Waals surface area contributed by atoms with E-state index in [1.165, 1.54) is 25.7 Å². The van der Waals surface area contributed by atoms with Gasteiger partial charge in [-0.3, -0.25) is 0 Å². The third kappa shape index (κ3) is 2.06. The lowest BCUT2D eigenvalue weighted by atomic mass is 9.83. The van der Waals surface area contributed by atoms with Crippen molar-refractivity contribution in [1.82, 2.24) is 0 Å². The maximum Gasteiger partial charge on any atom is 0.0160 e. The fraction of sp³-hybridized carbons (Fsp3) is 1.00. The SMILES string of the molecule is CCCC1C(C)C(C)CC1(S)CC. The van der Waals surface area contributed by atoms with Crippen LogP contribution >= 0.6 is 12.6 Å². The highest BCUT2D eigenvalue weighted by Crippen LogP contribution is 2.51. The number of rotatable bonds is 3. The van der Waals surface area contributed by atoms with E-state index in [1.54, 1.807) is 0 Å². The van der Waals surface area contributed by atoms with Gasteiger partial charge in [0.05, 0.1) is 0 Å². The third-order valence-electron chi connectivity index (χ3n) is 4.11. The first kappa shape index (κ1) is 11.4. The summed E-state index contributed by atoms with van der Waals surface area (Å²) >= 11 is 4.93. The molecule has 0 radical (unpaired) electrons. The summed E-state index contributed by atoms with van der Waals surface area (Å²) in [5.41, 5.74) is 0. The minimum Gasteiger partial charge on any atom is -0.172 e. The molecule has 1 heteroatoms. The van der Waals surface area contributed by atoms with E-state index >= 15 is 0 Å². The molecule has 0 N–H and O–H groups in total. The highest BCUT2D eigenvalue weighted by atomic mass is 32.1. The van der Waals surface area contributed by atoms with Crippen molar-refractivity contribution in [2.45, 2.75) is 58.1 Å². The summed E-state index contributed by atoms with van der Waals surface area (Å²) in [7, 11) is 0. The Balaban J connectivity index is 2.74. The minimum absolute atomic E-state index is 0.342. The summed E-state index contributed by atoms with van der Waals surface area (Å²) in [4.78, 5) is 0. The lowest BCUT2D eigenvalue weighted by molar-refractivity contribution is 0.306. The van der Waals surface area contributed by atoms with E-state index in [9.17, 15) is 0 Å². The first-order valence-corrected chi connectivity index (χ1v) is 6.22. The first-order valence-electron chi connectivity index (χ1n) is 5.77. The molecule has 1 aliphatic rings. The van der Waals surface area contributed by atoms with Gasteiger partial charge in [0.15, 0.2) is 0 Å². The summed E-state index contributed by atoms with van der Waals surface area (Å²) in [6.07, 6.45) is 5.22. The van der Waals surface area contributed by atoms with Crippen LogP contribution in [-0.2, 0) is 0 Å². The van der Waals surface area contributed by atoms with Gasteiger partial charge in [-0.05, 0) is 37.0 Å². The van der Waals surface area contributed by atoms with Crippen LogP contribution in [0.5, 0.6) is 0 Å². The monoisotopic (exact) mass is 200 g/mol. The van der Waals surface area contributed by atoms with Crippen molar-refractivity contribution >= 4 is 12.6 Å². The van der Waals surface area contributed by atoms with E-state index in [4.69, 9.17) is 12.6 Å². The molecule has 78 valence electrons. The zero-order valence-electron chi connectivity index (χ0n) is 9.51. The molecule has 0 bridgehead atoms. The van der Waals surface area contributed by atoms with Gasteiger partial charge in [-0.25, -0.2) is 0 Å². The van der Waals surface area contributed by atoms with Crippen LogP contribution in [-0.4, -0.2) is 4.75 Å². The van der Waals surface area contributed by atoms with Gasteiger partial charge in [0.25, 0.3) is 0 Å². The van der Waals surface area contributed by atoms with E-state index in [1.807, 2.05) is 0 Å². The number of thiol groups is 1. The van der Waals surface area contributed by atoms with Crippen molar-refractivity contribution in [2.24, 2.45) is 17.8 Å². The maximum absolute atomic E-state index is 4.93. The van der Waals surface area contributed by atoms with E-state index < -0.39 is 0 Å². The largest absolute Gasteiger partial charge is 0.172 e. The van der Waals surface area contributed by atoms with Gasteiger partial charge in [0.2, 0.25) is 0 Å². The average Bonchev–Trinajstić information content (AvgIpc) is 2.31. The number of hydrogen-bond donors (Lipinski definition) is 1. The zero-order valence-corrected chi connectivity index (χ0v) is 10.4. The van der Waals surface area contributed by atoms with Gasteiger partial charge in [-0.1, -0.05) is 34.1 Å². The molecule has 1 rings (SSSR count). The van der Waals surface area contributed by atoms with Crippen molar-refractivity contribution in [3.63, 3.8) is 0 Å². The van der Waals surface area contributed by atoms with Crippen LogP contribution in [0.2, 0.25) is 0 Å². The molecule has 0 aromatic carbocycles. The van der Waals surface area contributed by atoms with Crippen LogP contribution in [0.3, 0.4) is 0 Å². The van der Waals surface area contributed by atoms with Crippen LogP contribution in [0.1, 0.15) is 53.4 Å². The molecule has 4 atom stereocenters. The third-order valence-corrected chi connectivity index (χ3v) is 4.94. The first-order chi connectivity index (χ1) is 6.05. The van der Waals surface area contributed by atoms with E-state index in [0.29, 0.717) is 4.75 Å². The van der Waals surface area contributed by atoms with Gasteiger partial charge >= 0.3 is 0 Å². The lowest BCUT2D eigenvalue weighted by Gasteiger charge is -2.31. The van der Waals surface area contributed by atoms with Gasteiger partial charge in [-0.2, -0.15) is 12.6 Å². The van der Waals surface area contributed by atoms with Crippen molar-refractivity contribution in [3.8, 4) is 0 Å². The zero-order chi connectivity index (χ0) is 10.1. The summed E-state index contributed by atoms with van der Waals surface area (Å²) in [6, 6.07) is 0. The molecule has 4 unspecified atom stereocenters. The molecule has 13 heavy (non-hydrogen) atoms. The lowest BCUT2D eigenvalue weighted by Crippen LogP contribution is -2.28. The van der Waals surface area contributed by atoms with Gasteiger partial charge in [0, 0.05) is 4.75 Å². The maximum atomic E-state index is 4.93. The smallest absolute Gasteiger partial charge is 0.0160 e. The van der Waals surface area contributed by atoms with Crippen LogP contribution < -0.4 is 0 Å². The minimum atomic E-state index is 0.342. The summed E-state index contributed by atoms with van der Waals surface area (Å²) in [5, 5.41) is 0. The molecule has 0 amide bonds. The van der Waals surface area contributed by atoms with Gasteiger partial charge in [0.1, 0.15) is 0 Å². The average molecular weight is 200 g/mol. The molecular weight excluding hydrogens is 176 g/mol. The topological polar surface area (TPSA) is 0 Å². The Labute approximate surface area is 88.9 Å². The summed E-state index contributed by atoms with van der Waals surface area (Å²) in [6.45, 7) is 9.39. The highest BCUT2D eigenvalue weighted by molar-refractivity contribution is 7.81. The van der Waals surface area contributed by atoms with Gasteiger partial charge in [-0.15, -0.1) is 0 Å². The molecule has 1 fully saturated rings. The fourth-order valence-corrected chi connectivity index (χ4v) is 3.68. The summed E-state index contributed by atoms with van der Waals surface area (Å²) in [5.74, 6) is 2.59. The molecule has 1 aliphatic carbocycles. The van der Waals surface area contributed by atoms with Crippen LogP contribution in [0.4, 0.5) is 0 Å². The number of hydrogen-bond acceptors (Lipinski definition) is 1. The molecule has 0 saturated heterocycles. The molecule has 0 heterocycles. The van der Waals surface area contributed by atoms with Gasteiger partial charge < -0.3 is 0 Å². The quantitative estimate of drug-likeness (QED) is 0.650. The predicted molar refractivity (Wildman–Crippen MR) is 63.4 cm³/mol. The van der Waals surface area contributed by atoms with E-state index in [2.05, 4.69) is 27.7 Å². The molecule has 0 aromatic rings. The predicted octanol–water partition coefficient (Wildman–Crippen LogP) is 4.16. The molecule has 0 aliphatic heterocycles.